The van der Waals surface area contributed by atoms with Gasteiger partial charge in [0, 0.05) is 11.5 Å². The molecule has 13 heavy (non-hydrogen) atoms. The smallest absolute Gasteiger partial charge is 0.225 e. The van der Waals surface area contributed by atoms with Crippen LogP contribution in [0.5, 0.6) is 0 Å². The Morgan fingerprint density at radius 2 is 2.15 bits per heavy atom. The van der Waals surface area contributed by atoms with Crippen molar-refractivity contribution in [1.29, 1.82) is 0 Å². The molecule has 2 unspecified atom stereocenters. The molecule has 0 aromatic rings. The fraction of sp³-hybridized carbons (Fsp3) is 0.455. The minimum atomic E-state index is -0.256. The summed E-state index contributed by atoms with van der Waals surface area (Å²) in [6, 6.07) is 0. The van der Waals surface area contributed by atoms with E-state index in [0.29, 0.717) is 5.92 Å². The molecule has 2 aliphatic carbocycles. The van der Waals surface area contributed by atoms with Gasteiger partial charge in [0.15, 0.2) is 0 Å². The maximum absolute atomic E-state index is 11.5. The summed E-state index contributed by atoms with van der Waals surface area (Å²) in [5.74, 6) is -0.253. The predicted octanol–water partition coefficient (Wildman–Crippen LogP) is 1.67. The fourth-order valence-corrected chi connectivity index (χ4v) is 2.06. The Labute approximate surface area is 77.3 Å². The van der Waals surface area contributed by atoms with Crippen molar-refractivity contribution in [3.8, 4) is 0 Å². The molecular weight excluding hydrogens is 164 g/mol. The van der Waals surface area contributed by atoms with Gasteiger partial charge in [0.1, 0.15) is 0 Å². The van der Waals surface area contributed by atoms with E-state index in [0.717, 1.165) is 18.4 Å². The van der Waals surface area contributed by atoms with E-state index in [1.54, 1.807) is 6.08 Å². The minimum Gasteiger partial charge on any atom is -0.290 e. The Morgan fingerprint density at radius 1 is 1.38 bits per heavy atom. The lowest BCUT2D eigenvalue weighted by molar-refractivity contribution is -0.138. The van der Waals surface area contributed by atoms with Crippen molar-refractivity contribution in [3.05, 3.63) is 23.8 Å². The monoisotopic (exact) mass is 176 g/mol. The zero-order chi connectivity index (χ0) is 9.42. The van der Waals surface area contributed by atoms with E-state index in [1.165, 1.54) is 0 Å². The Balaban J connectivity index is 2.34. The van der Waals surface area contributed by atoms with Gasteiger partial charge in [0.2, 0.25) is 11.6 Å². The summed E-state index contributed by atoms with van der Waals surface area (Å²) in [5, 5.41) is 0. The number of Topliss-reactive ketones (excluding diaryl/α,β-unsaturated/α-hetero) is 2. The van der Waals surface area contributed by atoms with Gasteiger partial charge < -0.3 is 0 Å². The molecule has 0 aromatic heterocycles. The highest BCUT2D eigenvalue weighted by atomic mass is 16.2. The third-order valence-electron chi connectivity index (χ3n) is 2.84. The molecule has 2 heteroatoms. The highest BCUT2D eigenvalue weighted by molar-refractivity contribution is 6.45. The molecule has 0 radical (unpaired) electrons. The second-order valence-electron chi connectivity index (χ2n) is 3.81. The maximum Gasteiger partial charge on any atom is 0.225 e. The molecule has 2 rings (SSSR count). The summed E-state index contributed by atoms with van der Waals surface area (Å²) in [6.07, 6.45) is 7.47. The van der Waals surface area contributed by atoms with Gasteiger partial charge in [0.05, 0.1) is 0 Å². The van der Waals surface area contributed by atoms with E-state index >= 15 is 0 Å². The van der Waals surface area contributed by atoms with Crippen molar-refractivity contribution >= 4 is 11.6 Å². The van der Waals surface area contributed by atoms with Crippen LogP contribution in [0.15, 0.2) is 23.8 Å². The van der Waals surface area contributed by atoms with Crippen molar-refractivity contribution < 1.29 is 9.59 Å². The molecule has 0 saturated heterocycles. The van der Waals surface area contributed by atoms with Gasteiger partial charge in [-0.05, 0) is 18.8 Å². The van der Waals surface area contributed by atoms with E-state index in [2.05, 4.69) is 6.08 Å². The number of fused-ring (bicyclic) bond motifs is 1. The van der Waals surface area contributed by atoms with Gasteiger partial charge in [0.25, 0.3) is 0 Å². The number of carbonyl (C=O) groups is 2. The van der Waals surface area contributed by atoms with Gasteiger partial charge in [-0.1, -0.05) is 25.2 Å². The van der Waals surface area contributed by atoms with Crippen molar-refractivity contribution in [2.75, 3.05) is 0 Å². The summed E-state index contributed by atoms with van der Waals surface area (Å²) in [6.45, 7) is 1.84. The lowest BCUT2D eigenvalue weighted by atomic mass is 9.74. The molecule has 1 fully saturated rings. The van der Waals surface area contributed by atoms with Crippen LogP contribution in [0.4, 0.5) is 0 Å². The van der Waals surface area contributed by atoms with E-state index < -0.39 is 0 Å². The van der Waals surface area contributed by atoms with Gasteiger partial charge in [-0.2, -0.15) is 0 Å². The molecular formula is C11H12O2. The van der Waals surface area contributed by atoms with Gasteiger partial charge in [-0.15, -0.1) is 0 Å². The van der Waals surface area contributed by atoms with E-state index in [-0.39, 0.29) is 17.5 Å². The maximum atomic E-state index is 11.5. The molecule has 1 saturated carbocycles. The third-order valence-corrected chi connectivity index (χ3v) is 2.84. The summed E-state index contributed by atoms with van der Waals surface area (Å²) in [7, 11) is 0. The molecule has 0 heterocycles. The normalized spacial score (nSPS) is 32.8. The van der Waals surface area contributed by atoms with Gasteiger partial charge in [-0.3, -0.25) is 9.59 Å². The summed E-state index contributed by atoms with van der Waals surface area (Å²) >= 11 is 0. The van der Waals surface area contributed by atoms with Crippen molar-refractivity contribution in [3.63, 3.8) is 0 Å². The lowest BCUT2D eigenvalue weighted by Crippen LogP contribution is -2.34. The van der Waals surface area contributed by atoms with Crippen LogP contribution in [0.2, 0.25) is 0 Å². The highest BCUT2D eigenvalue weighted by Gasteiger charge is 2.36. The molecule has 0 amide bonds. The van der Waals surface area contributed by atoms with Crippen molar-refractivity contribution in [2.45, 2.75) is 19.8 Å². The molecule has 2 nitrogen and oxygen atoms in total. The molecule has 0 aliphatic heterocycles. The van der Waals surface area contributed by atoms with Crippen LogP contribution in [-0.2, 0) is 9.59 Å². The molecule has 2 atom stereocenters. The number of ketones is 2. The van der Waals surface area contributed by atoms with Crippen LogP contribution < -0.4 is 0 Å². The minimum absolute atomic E-state index is 0.0823. The number of hydrogen-bond donors (Lipinski definition) is 0. The highest BCUT2D eigenvalue weighted by Crippen LogP contribution is 2.33. The number of allylic oxidation sites excluding steroid dienone is 4. The average Bonchev–Trinajstić information content (AvgIpc) is 2.15. The van der Waals surface area contributed by atoms with E-state index in [1.807, 2.05) is 13.0 Å². The fourth-order valence-electron chi connectivity index (χ4n) is 2.06. The predicted molar refractivity (Wildman–Crippen MR) is 49.1 cm³/mol. The zero-order valence-electron chi connectivity index (χ0n) is 7.62. The number of rotatable bonds is 0. The van der Waals surface area contributed by atoms with Crippen LogP contribution >= 0.6 is 0 Å². The third kappa shape index (κ3) is 1.26. The first-order valence-corrected chi connectivity index (χ1v) is 4.65. The second kappa shape index (κ2) is 2.95. The topological polar surface area (TPSA) is 34.1 Å². The molecule has 0 bridgehead atoms. The van der Waals surface area contributed by atoms with E-state index in [9.17, 15) is 9.59 Å². The SMILES string of the molecule is CC1CC2CC=CC=C2C(=O)C1=O. The first kappa shape index (κ1) is 8.42. The molecule has 2 aliphatic rings. The first-order chi connectivity index (χ1) is 6.20. The zero-order valence-corrected chi connectivity index (χ0v) is 7.62. The van der Waals surface area contributed by atoms with Crippen molar-refractivity contribution in [1.82, 2.24) is 0 Å². The summed E-state index contributed by atoms with van der Waals surface area (Å²) in [4.78, 5) is 22.9. The lowest BCUT2D eigenvalue weighted by Gasteiger charge is -2.28. The summed E-state index contributed by atoms with van der Waals surface area (Å²) < 4.78 is 0. The standard InChI is InChI=1S/C11H12O2/c1-7-6-8-4-2-3-5-9(8)11(13)10(7)12/h2-3,5,7-8H,4,6H2,1H3. The Morgan fingerprint density at radius 3 is 2.92 bits per heavy atom. The van der Waals surface area contributed by atoms with Gasteiger partial charge in [-0.25, -0.2) is 0 Å². The van der Waals surface area contributed by atoms with Crippen LogP contribution in [0, 0.1) is 11.8 Å². The van der Waals surface area contributed by atoms with Crippen molar-refractivity contribution in [2.24, 2.45) is 11.8 Å². The molecule has 68 valence electrons. The Kier molecular flexibility index (Phi) is 1.91. The Bertz CT molecular complexity index is 323. The molecule has 0 aromatic carbocycles. The van der Waals surface area contributed by atoms with Crippen LogP contribution in [0.3, 0.4) is 0 Å². The average molecular weight is 176 g/mol. The summed E-state index contributed by atoms with van der Waals surface area (Å²) in [5.41, 5.74) is 0.727. The quantitative estimate of drug-likeness (QED) is 0.526. The van der Waals surface area contributed by atoms with Crippen LogP contribution in [0.1, 0.15) is 19.8 Å². The largest absolute Gasteiger partial charge is 0.290 e. The number of carbonyl (C=O) groups excluding carboxylic acids is 2. The first-order valence-electron chi connectivity index (χ1n) is 4.65. The second-order valence-corrected chi connectivity index (χ2v) is 3.81. The van der Waals surface area contributed by atoms with Crippen LogP contribution in [-0.4, -0.2) is 11.6 Å². The number of hydrogen-bond acceptors (Lipinski definition) is 2. The van der Waals surface area contributed by atoms with Crippen LogP contribution in [0.25, 0.3) is 0 Å². The van der Waals surface area contributed by atoms with Gasteiger partial charge >= 0.3 is 0 Å². The molecule has 0 N–H and O–H groups in total. The molecule has 0 spiro atoms. The van der Waals surface area contributed by atoms with E-state index in [4.69, 9.17) is 0 Å². The Hall–Kier alpha value is -1.18.